The number of amides is 1. The summed E-state index contributed by atoms with van der Waals surface area (Å²) in [7, 11) is 0. The number of nitrogens with one attached hydrogen (secondary N) is 1. The predicted octanol–water partition coefficient (Wildman–Crippen LogP) is 1.82. The highest BCUT2D eigenvalue weighted by molar-refractivity contribution is 6.31. The minimum atomic E-state index is -0.769. The molecule has 7 heteroatoms. The molecule has 20 heavy (non-hydrogen) atoms. The van der Waals surface area contributed by atoms with Gasteiger partial charge in [-0.15, -0.1) is 0 Å². The highest BCUT2D eigenvalue weighted by Gasteiger charge is 2.34. The normalized spacial score (nSPS) is 16.3. The molecule has 1 aromatic rings. The fourth-order valence-corrected chi connectivity index (χ4v) is 2.30. The van der Waals surface area contributed by atoms with Crippen LogP contribution < -0.4 is 5.32 Å². The summed E-state index contributed by atoms with van der Waals surface area (Å²) in [6.45, 7) is 0.233. The molecule has 0 aromatic heterocycles. The molecule has 0 bridgehead atoms. The number of non-ortho nitro benzene ring substituents is 1. The van der Waals surface area contributed by atoms with E-state index >= 15 is 0 Å². The van der Waals surface area contributed by atoms with E-state index in [1.54, 1.807) is 0 Å². The van der Waals surface area contributed by atoms with Crippen LogP contribution in [0.1, 0.15) is 24.8 Å². The number of hydrogen-bond donors (Lipinski definition) is 2. The third-order valence-electron chi connectivity index (χ3n) is 3.50. The first-order chi connectivity index (χ1) is 9.39. The summed E-state index contributed by atoms with van der Waals surface area (Å²) in [6.07, 6.45) is 2.41. The number of nitro benzene ring substituents is 1. The molecule has 2 N–H and O–H groups in total. The largest absolute Gasteiger partial charge is 0.388 e. The van der Waals surface area contributed by atoms with Crippen LogP contribution in [0.3, 0.4) is 0 Å². The van der Waals surface area contributed by atoms with Gasteiger partial charge in [0.25, 0.3) is 5.69 Å². The van der Waals surface area contributed by atoms with Crippen molar-refractivity contribution >= 4 is 23.2 Å². The van der Waals surface area contributed by atoms with Crippen molar-refractivity contribution in [1.29, 1.82) is 0 Å². The van der Waals surface area contributed by atoms with Gasteiger partial charge in [0, 0.05) is 18.7 Å². The minimum absolute atomic E-state index is 0.0346. The monoisotopic (exact) mass is 298 g/mol. The fraction of sp³-hybridized carbons (Fsp3) is 0.462. The van der Waals surface area contributed by atoms with Crippen LogP contribution in [0.15, 0.2) is 18.2 Å². The summed E-state index contributed by atoms with van der Waals surface area (Å²) in [6, 6.07) is 4.01. The average molecular weight is 299 g/mol. The zero-order valence-corrected chi connectivity index (χ0v) is 11.5. The van der Waals surface area contributed by atoms with Crippen LogP contribution in [0.2, 0.25) is 5.02 Å². The number of hydrogen-bond acceptors (Lipinski definition) is 4. The maximum atomic E-state index is 11.8. The number of rotatable bonds is 5. The standard InChI is InChI=1S/C13H15ClN2O4/c14-11-7-10(16(19)20)3-2-9(11)6-12(17)15-8-13(18)4-1-5-13/h2-3,7,18H,1,4-6,8H2,(H,15,17). The Hall–Kier alpha value is -1.66. The van der Waals surface area contributed by atoms with Gasteiger partial charge < -0.3 is 10.4 Å². The molecule has 108 valence electrons. The number of carbonyl (C=O) groups is 1. The van der Waals surface area contributed by atoms with E-state index in [2.05, 4.69) is 5.32 Å². The van der Waals surface area contributed by atoms with Crippen molar-refractivity contribution in [2.45, 2.75) is 31.3 Å². The van der Waals surface area contributed by atoms with Gasteiger partial charge in [0.15, 0.2) is 0 Å². The topological polar surface area (TPSA) is 92.5 Å². The second-order valence-corrected chi connectivity index (χ2v) is 5.47. The molecule has 2 rings (SSSR count). The van der Waals surface area contributed by atoms with Gasteiger partial charge in [-0.1, -0.05) is 17.7 Å². The Labute approximate surface area is 120 Å². The lowest BCUT2D eigenvalue weighted by atomic mass is 9.80. The summed E-state index contributed by atoms with van der Waals surface area (Å²) in [4.78, 5) is 21.8. The van der Waals surface area contributed by atoms with E-state index in [9.17, 15) is 20.0 Å². The zero-order chi connectivity index (χ0) is 14.8. The number of halogens is 1. The molecule has 6 nitrogen and oxygen atoms in total. The van der Waals surface area contributed by atoms with E-state index in [0.717, 1.165) is 6.42 Å². The molecule has 1 amide bonds. The summed E-state index contributed by atoms with van der Waals surface area (Å²) >= 11 is 5.91. The first-order valence-corrected chi connectivity index (χ1v) is 6.69. The van der Waals surface area contributed by atoms with Crippen molar-refractivity contribution < 1.29 is 14.8 Å². The summed E-state index contributed by atoms with van der Waals surface area (Å²) in [5.41, 5.74) is -0.354. The SMILES string of the molecule is O=C(Cc1ccc([N+](=O)[O-])cc1Cl)NCC1(O)CCC1. The number of benzene rings is 1. The molecule has 1 aliphatic carbocycles. The minimum Gasteiger partial charge on any atom is -0.388 e. The first-order valence-electron chi connectivity index (χ1n) is 6.31. The Balaban J connectivity index is 1.92. The molecule has 1 fully saturated rings. The Morgan fingerprint density at radius 2 is 2.20 bits per heavy atom. The van der Waals surface area contributed by atoms with Crippen LogP contribution in [0.25, 0.3) is 0 Å². The van der Waals surface area contributed by atoms with Gasteiger partial charge in [-0.25, -0.2) is 0 Å². The molecule has 0 aliphatic heterocycles. The van der Waals surface area contributed by atoms with Gasteiger partial charge >= 0.3 is 0 Å². The first kappa shape index (κ1) is 14.7. The second-order valence-electron chi connectivity index (χ2n) is 5.06. The van der Waals surface area contributed by atoms with E-state index in [-0.39, 0.29) is 29.6 Å². The quantitative estimate of drug-likeness (QED) is 0.640. The number of aliphatic hydroxyl groups is 1. The fourth-order valence-electron chi connectivity index (χ4n) is 2.05. The van der Waals surface area contributed by atoms with Crippen molar-refractivity contribution in [2.24, 2.45) is 0 Å². The summed E-state index contributed by atoms with van der Waals surface area (Å²) < 4.78 is 0. The Kier molecular flexibility index (Phi) is 4.25. The summed E-state index contributed by atoms with van der Waals surface area (Å²) in [5.74, 6) is -0.263. The van der Waals surface area contributed by atoms with Gasteiger partial charge in [-0.2, -0.15) is 0 Å². The van der Waals surface area contributed by atoms with Crippen molar-refractivity contribution in [3.63, 3.8) is 0 Å². The van der Waals surface area contributed by atoms with Crippen LogP contribution in [-0.4, -0.2) is 28.1 Å². The molecule has 1 saturated carbocycles. The van der Waals surface area contributed by atoms with E-state index in [4.69, 9.17) is 11.6 Å². The van der Waals surface area contributed by atoms with Crippen molar-refractivity contribution in [1.82, 2.24) is 5.32 Å². The second kappa shape index (κ2) is 5.76. The lowest BCUT2D eigenvalue weighted by Crippen LogP contribution is -2.48. The van der Waals surface area contributed by atoms with Gasteiger partial charge in [0.1, 0.15) is 0 Å². The van der Waals surface area contributed by atoms with E-state index in [0.29, 0.717) is 18.4 Å². The molecular weight excluding hydrogens is 284 g/mol. The van der Waals surface area contributed by atoms with E-state index < -0.39 is 10.5 Å². The molecule has 1 aromatic carbocycles. The van der Waals surface area contributed by atoms with Gasteiger partial charge in [-0.05, 0) is 24.8 Å². The van der Waals surface area contributed by atoms with Crippen LogP contribution >= 0.6 is 11.6 Å². The third-order valence-corrected chi connectivity index (χ3v) is 3.85. The number of nitrogens with zero attached hydrogens (tertiary/aromatic N) is 1. The number of carbonyl (C=O) groups excluding carboxylic acids is 1. The van der Waals surface area contributed by atoms with Crippen molar-refractivity contribution in [3.05, 3.63) is 38.9 Å². The Bertz CT molecular complexity index is 543. The van der Waals surface area contributed by atoms with E-state index in [1.165, 1.54) is 18.2 Å². The molecule has 0 spiro atoms. The van der Waals surface area contributed by atoms with Gasteiger partial charge in [0.05, 0.1) is 22.0 Å². The molecule has 0 heterocycles. The van der Waals surface area contributed by atoms with Crippen LogP contribution in [0, 0.1) is 10.1 Å². The average Bonchev–Trinajstić information content (AvgIpc) is 2.36. The van der Waals surface area contributed by atoms with Crippen LogP contribution in [0.4, 0.5) is 5.69 Å². The van der Waals surface area contributed by atoms with Gasteiger partial charge in [0.2, 0.25) is 5.91 Å². The molecule has 0 radical (unpaired) electrons. The Morgan fingerprint density at radius 1 is 1.50 bits per heavy atom. The number of nitro groups is 1. The highest BCUT2D eigenvalue weighted by atomic mass is 35.5. The lowest BCUT2D eigenvalue weighted by molar-refractivity contribution is -0.384. The van der Waals surface area contributed by atoms with Gasteiger partial charge in [-0.3, -0.25) is 14.9 Å². The predicted molar refractivity (Wildman–Crippen MR) is 73.6 cm³/mol. The molecule has 0 atom stereocenters. The van der Waals surface area contributed by atoms with Crippen molar-refractivity contribution in [2.75, 3.05) is 6.54 Å². The lowest BCUT2D eigenvalue weighted by Gasteiger charge is -2.36. The van der Waals surface area contributed by atoms with Crippen LogP contribution in [-0.2, 0) is 11.2 Å². The maximum absolute atomic E-state index is 11.8. The molecule has 1 aliphatic rings. The van der Waals surface area contributed by atoms with Crippen molar-refractivity contribution in [3.8, 4) is 0 Å². The van der Waals surface area contributed by atoms with E-state index in [1.807, 2.05) is 0 Å². The molecule has 0 saturated heterocycles. The zero-order valence-electron chi connectivity index (χ0n) is 10.8. The smallest absolute Gasteiger partial charge is 0.270 e. The molecular formula is C13H15ClN2O4. The Morgan fingerprint density at radius 3 is 2.70 bits per heavy atom. The maximum Gasteiger partial charge on any atom is 0.270 e. The third kappa shape index (κ3) is 3.46. The molecule has 0 unspecified atom stereocenters. The van der Waals surface area contributed by atoms with Crippen LogP contribution in [0.5, 0.6) is 0 Å². The summed E-state index contributed by atoms with van der Waals surface area (Å²) in [5, 5.41) is 23.3. The highest BCUT2D eigenvalue weighted by Crippen LogP contribution is 2.30.